The Morgan fingerprint density at radius 2 is 1.24 bits per heavy atom. The average molecular weight is 508 g/mol. The van der Waals surface area contributed by atoms with Crippen molar-refractivity contribution in [1.29, 1.82) is 0 Å². The van der Waals surface area contributed by atoms with E-state index >= 15 is 0 Å². The van der Waals surface area contributed by atoms with Crippen LogP contribution in [0.25, 0.3) is 0 Å². The molecule has 1 aliphatic rings. The zero-order chi connectivity index (χ0) is 25.9. The van der Waals surface area contributed by atoms with Gasteiger partial charge in [0, 0.05) is 12.0 Å². The summed E-state index contributed by atoms with van der Waals surface area (Å²) in [6.07, 6.45) is -2.66. The van der Waals surface area contributed by atoms with Gasteiger partial charge in [-0.1, -0.05) is 91.0 Å². The van der Waals surface area contributed by atoms with Gasteiger partial charge in [-0.05, 0) is 16.7 Å². The van der Waals surface area contributed by atoms with E-state index in [1.54, 1.807) is 0 Å². The zero-order valence-corrected chi connectivity index (χ0v) is 20.9. The predicted octanol–water partition coefficient (Wildman–Crippen LogP) is 4.64. The van der Waals surface area contributed by atoms with Crippen LogP contribution < -0.4 is 0 Å². The minimum Gasteiger partial charge on any atom is -0.374 e. The topological polar surface area (TPSA) is 89.3 Å². The molecule has 1 fully saturated rings. The van der Waals surface area contributed by atoms with Crippen molar-refractivity contribution in [1.82, 2.24) is 0 Å². The van der Waals surface area contributed by atoms with Gasteiger partial charge in [0.1, 0.15) is 24.2 Å². The van der Waals surface area contributed by atoms with Crippen molar-refractivity contribution < 1.29 is 28.6 Å². The fourth-order valence-electron chi connectivity index (χ4n) is 4.51. The highest BCUT2D eigenvalue weighted by Gasteiger charge is 2.50. The van der Waals surface area contributed by atoms with Crippen molar-refractivity contribution in [2.75, 3.05) is 20.3 Å². The third-order valence-electron chi connectivity index (χ3n) is 6.33. The molecule has 3 aromatic rings. The van der Waals surface area contributed by atoms with Crippen molar-refractivity contribution >= 4 is 0 Å². The van der Waals surface area contributed by atoms with Gasteiger partial charge in [-0.2, -0.15) is 0 Å². The Bertz CT molecular complexity index is 1070. The Kier molecular flexibility index (Phi) is 10.2. The molecular weight excluding hydrogens is 474 g/mol. The number of nitro groups is 1. The SMILES string of the molecule is CO[C@H]1O[C@H](COCc2ccccc2)[C@H](OCc2ccccc2)[C@H](OCc2ccccc2)[C@H]1C[N+](=O)[O-]. The van der Waals surface area contributed by atoms with Crippen molar-refractivity contribution in [3.8, 4) is 0 Å². The maximum atomic E-state index is 11.6. The quantitative estimate of drug-likeness (QED) is 0.246. The zero-order valence-electron chi connectivity index (χ0n) is 20.9. The molecule has 0 bridgehead atoms. The summed E-state index contributed by atoms with van der Waals surface area (Å²) in [6.45, 7) is 0.819. The van der Waals surface area contributed by atoms with Gasteiger partial charge < -0.3 is 23.7 Å². The first kappa shape index (κ1) is 26.9. The van der Waals surface area contributed by atoms with Gasteiger partial charge in [-0.15, -0.1) is 0 Å². The highest BCUT2D eigenvalue weighted by Crippen LogP contribution is 2.33. The first-order chi connectivity index (χ1) is 18.1. The Hall–Kier alpha value is -3.14. The van der Waals surface area contributed by atoms with Crippen LogP contribution in [0.4, 0.5) is 0 Å². The summed E-state index contributed by atoms with van der Waals surface area (Å²) in [5.74, 6) is -0.671. The van der Waals surface area contributed by atoms with E-state index in [-0.39, 0.29) is 24.7 Å². The lowest BCUT2D eigenvalue weighted by Crippen LogP contribution is -2.59. The summed E-state index contributed by atoms with van der Waals surface area (Å²) >= 11 is 0. The Labute approximate surface area is 217 Å². The molecule has 1 heterocycles. The number of hydrogen-bond donors (Lipinski definition) is 0. The molecule has 0 N–H and O–H groups in total. The van der Waals surface area contributed by atoms with Crippen LogP contribution in [0, 0.1) is 16.0 Å². The maximum Gasteiger partial charge on any atom is 0.214 e. The molecule has 37 heavy (non-hydrogen) atoms. The van der Waals surface area contributed by atoms with Crippen LogP contribution in [-0.4, -0.2) is 49.8 Å². The normalized spacial score (nSPS) is 23.5. The second-order valence-corrected chi connectivity index (χ2v) is 8.98. The minimum absolute atomic E-state index is 0.213. The Morgan fingerprint density at radius 3 is 1.73 bits per heavy atom. The molecule has 5 atom stereocenters. The van der Waals surface area contributed by atoms with E-state index < -0.39 is 30.5 Å². The van der Waals surface area contributed by atoms with Gasteiger partial charge in [0.05, 0.1) is 26.4 Å². The highest BCUT2D eigenvalue weighted by atomic mass is 16.7. The Morgan fingerprint density at radius 1 is 0.757 bits per heavy atom. The molecule has 8 nitrogen and oxygen atoms in total. The van der Waals surface area contributed by atoms with E-state index in [0.717, 1.165) is 16.7 Å². The summed E-state index contributed by atoms with van der Waals surface area (Å²) in [5, 5.41) is 11.6. The molecule has 0 amide bonds. The van der Waals surface area contributed by atoms with Gasteiger partial charge in [0.25, 0.3) is 0 Å². The van der Waals surface area contributed by atoms with E-state index in [9.17, 15) is 10.1 Å². The standard InChI is InChI=1S/C29H33NO7/c1-33-29-25(17-30(31)32)27(35-19-23-13-7-3-8-14-23)28(36-20-24-15-9-4-10-16-24)26(37-29)21-34-18-22-11-5-2-6-12-22/h2-16,25-29H,17-21H2,1H3/t25-,26-,27-,28+,29+/m1/s1. The number of benzene rings is 3. The lowest BCUT2D eigenvalue weighted by atomic mass is 9.90. The summed E-state index contributed by atoms with van der Waals surface area (Å²) < 4.78 is 30.5. The fraction of sp³-hybridized carbons (Fsp3) is 0.379. The third-order valence-corrected chi connectivity index (χ3v) is 6.33. The molecular formula is C29H33NO7. The molecule has 0 aliphatic carbocycles. The van der Waals surface area contributed by atoms with E-state index in [2.05, 4.69) is 0 Å². The summed E-state index contributed by atoms with van der Waals surface area (Å²) in [4.78, 5) is 11.3. The molecule has 1 aliphatic heterocycles. The van der Waals surface area contributed by atoms with Crippen LogP contribution in [0.15, 0.2) is 91.0 Å². The van der Waals surface area contributed by atoms with E-state index in [1.807, 2.05) is 91.0 Å². The first-order valence-electron chi connectivity index (χ1n) is 12.4. The second-order valence-electron chi connectivity index (χ2n) is 8.98. The van der Waals surface area contributed by atoms with E-state index in [0.29, 0.717) is 13.2 Å². The van der Waals surface area contributed by atoms with Crippen LogP contribution in [0.1, 0.15) is 16.7 Å². The first-order valence-corrected chi connectivity index (χ1v) is 12.4. The maximum absolute atomic E-state index is 11.6. The average Bonchev–Trinajstić information content (AvgIpc) is 2.93. The molecule has 0 saturated carbocycles. The molecule has 196 valence electrons. The Balaban J connectivity index is 1.56. The summed E-state index contributed by atoms with van der Waals surface area (Å²) in [7, 11) is 1.49. The lowest BCUT2D eigenvalue weighted by Gasteiger charge is -2.44. The van der Waals surface area contributed by atoms with Gasteiger partial charge >= 0.3 is 0 Å². The predicted molar refractivity (Wildman–Crippen MR) is 137 cm³/mol. The van der Waals surface area contributed by atoms with Crippen LogP contribution >= 0.6 is 0 Å². The van der Waals surface area contributed by atoms with Gasteiger partial charge in [-0.3, -0.25) is 10.1 Å². The van der Waals surface area contributed by atoms with Crippen LogP contribution in [0.2, 0.25) is 0 Å². The second kappa shape index (κ2) is 14.0. The van der Waals surface area contributed by atoms with E-state index in [1.165, 1.54) is 7.11 Å². The fourth-order valence-corrected chi connectivity index (χ4v) is 4.51. The van der Waals surface area contributed by atoms with Crippen LogP contribution in [0.3, 0.4) is 0 Å². The number of nitrogens with zero attached hydrogens (tertiary/aromatic N) is 1. The smallest absolute Gasteiger partial charge is 0.214 e. The van der Waals surface area contributed by atoms with Crippen LogP contribution in [0.5, 0.6) is 0 Å². The molecule has 0 unspecified atom stereocenters. The minimum atomic E-state index is -0.840. The van der Waals surface area contributed by atoms with Gasteiger partial charge in [-0.25, -0.2) is 0 Å². The summed E-state index contributed by atoms with van der Waals surface area (Å²) in [5.41, 5.74) is 2.97. The summed E-state index contributed by atoms with van der Waals surface area (Å²) in [6, 6.07) is 29.3. The number of hydrogen-bond acceptors (Lipinski definition) is 7. The number of rotatable bonds is 13. The third kappa shape index (κ3) is 7.92. The lowest BCUT2D eigenvalue weighted by molar-refractivity contribution is -0.502. The van der Waals surface area contributed by atoms with Gasteiger partial charge in [0.15, 0.2) is 6.29 Å². The molecule has 3 aromatic carbocycles. The number of ether oxygens (including phenoxy) is 5. The van der Waals surface area contributed by atoms with E-state index in [4.69, 9.17) is 23.7 Å². The molecule has 0 spiro atoms. The van der Waals surface area contributed by atoms with Crippen molar-refractivity contribution in [2.45, 2.75) is 44.4 Å². The molecule has 1 saturated heterocycles. The monoisotopic (exact) mass is 507 g/mol. The van der Waals surface area contributed by atoms with Crippen molar-refractivity contribution in [2.24, 2.45) is 5.92 Å². The molecule has 0 aromatic heterocycles. The molecule has 8 heteroatoms. The van der Waals surface area contributed by atoms with Gasteiger partial charge in [0.2, 0.25) is 6.54 Å². The van der Waals surface area contributed by atoms with Crippen molar-refractivity contribution in [3.05, 3.63) is 118 Å². The largest absolute Gasteiger partial charge is 0.374 e. The van der Waals surface area contributed by atoms with Crippen molar-refractivity contribution in [3.63, 3.8) is 0 Å². The highest BCUT2D eigenvalue weighted by molar-refractivity contribution is 5.15. The molecule has 4 rings (SSSR count). The number of methoxy groups -OCH3 is 1. The van der Waals surface area contributed by atoms with Crippen LogP contribution in [-0.2, 0) is 43.5 Å². The molecule has 0 radical (unpaired) electrons.